The van der Waals surface area contributed by atoms with Gasteiger partial charge in [0.2, 0.25) is 17.7 Å². The monoisotopic (exact) mass is 600 g/mol. The zero-order valence-electron chi connectivity index (χ0n) is 24.3. The molecule has 5 heterocycles. The lowest BCUT2D eigenvalue weighted by molar-refractivity contribution is -0.134. The van der Waals surface area contributed by atoms with Gasteiger partial charge in [-0.3, -0.25) is 9.59 Å². The van der Waals surface area contributed by atoms with Crippen molar-refractivity contribution in [3.8, 4) is 11.9 Å². The van der Waals surface area contributed by atoms with E-state index in [4.69, 9.17) is 9.47 Å². The highest BCUT2D eigenvalue weighted by molar-refractivity contribution is 6.26. The largest absolute Gasteiger partial charge is 0.476 e. The van der Waals surface area contributed by atoms with Crippen molar-refractivity contribution in [3.63, 3.8) is 0 Å². The van der Waals surface area contributed by atoms with Crippen LogP contribution in [0, 0.1) is 23.2 Å². The van der Waals surface area contributed by atoms with Crippen LogP contribution < -0.4 is 9.64 Å². The van der Waals surface area contributed by atoms with E-state index in [0.717, 1.165) is 5.56 Å². The molecule has 3 aliphatic heterocycles. The Labute approximate surface area is 257 Å². The van der Waals surface area contributed by atoms with Gasteiger partial charge in [-0.1, -0.05) is 54.6 Å². The van der Waals surface area contributed by atoms with Gasteiger partial charge >= 0.3 is 0 Å². The maximum Gasteiger partial charge on any atom is 0.244 e. The van der Waals surface area contributed by atoms with Crippen molar-refractivity contribution in [1.29, 1.82) is 5.26 Å². The van der Waals surface area contributed by atoms with Gasteiger partial charge in [0.15, 0.2) is 5.65 Å². The minimum Gasteiger partial charge on any atom is -0.476 e. The SMILES string of the molecule is C[C@]12O[C@](CCOc3nn(Cc4ccccc4)c4ncncc34)(C[C@@H]1O)[C@H]1C(=O)N(c3ccc(C#N)c4ccccc34)C(=O)[C@H]12. The molecule has 3 fully saturated rings. The summed E-state index contributed by atoms with van der Waals surface area (Å²) < 4.78 is 14.5. The number of nitriles is 1. The second-order valence-corrected chi connectivity index (χ2v) is 12.1. The van der Waals surface area contributed by atoms with Gasteiger partial charge in [-0.15, -0.1) is 5.10 Å². The van der Waals surface area contributed by atoms with Crippen molar-refractivity contribution in [2.75, 3.05) is 11.5 Å². The average molecular weight is 601 g/mol. The molecule has 5 aromatic rings. The van der Waals surface area contributed by atoms with E-state index in [9.17, 15) is 20.0 Å². The molecule has 2 aromatic heterocycles. The Morgan fingerprint density at radius 2 is 1.78 bits per heavy atom. The summed E-state index contributed by atoms with van der Waals surface area (Å²) in [6, 6.07) is 22.6. The lowest BCUT2D eigenvalue weighted by Gasteiger charge is -2.33. The first-order valence-corrected chi connectivity index (χ1v) is 14.9. The summed E-state index contributed by atoms with van der Waals surface area (Å²) in [5.41, 5.74) is 0.226. The van der Waals surface area contributed by atoms with Gasteiger partial charge in [0.05, 0.1) is 54.0 Å². The number of hydrogen-bond acceptors (Lipinski definition) is 9. The van der Waals surface area contributed by atoms with Crippen molar-refractivity contribution < 1.29 is 24.2 Å². The Hall–Kier alpha value is -5.18. The third-order valence-corrected chi connectivity index (χ3v) is 9.69. The smallest absolute Gasteiger partial charge is 0.244 e. The van der Waals surface area contributed by atoms with Crippen molar-refractivity contribution in [2.45, 2.75) is 43.6 Å². The molecule has 0 unspecified atom stereocenters. The van der Waals surface area contributed by atoms with Crippen LogP contribution in [-0.4, -0.2) is 60.6 Å². The van der Waals surface area contributed by atoms with E-state index in [0.29, 0.717) is 45.5 Å². The van der Waals surface area contributed by atoms with Crippen molar-refractivity contribution in [2.24, 2.45) is 11.8 Å². The summed E-state index contributed by atoms with van der Waals surface area (Å²) in [5.74, 6) is -2.09. The molecular formula is C34H28N6O5. The predicted molar refractivity (Wildman–Crippen MR) is 162 cm³/mol. The number of amides is 2. The summed E-state index contributed by atoms with van der Waals surface area (Å²) in [5, 5.41) is 27.4. The number of imide groups is 1. The highest BCUT2D eigenvalue weighted by atomic mass is 16.6. The fourth-order valence-corrected chi connectivity index (χ4v) is 7.62. The van der Waals surface area contributed by atoms with Crippen molar-refractivity contribution in [3.05, 3.63) is 90.4 Å². The second kappa shape index (κ2) is 9.92. The number of hydrogen-bond donors (Lipinski definition) is 1. The van der Waals surface area contributed by atoms with Crippen molar-refractivity contribution in [1.82, 2.24) is 19.7 Å². The number of nitrogens with zero attached hydrogens (tertiary/aromatic N) is 6. The number of anilines is 1. The van der Waals surface area contributed by atoms with Gasteiger partial charge in [0, 0.05) is 29.8 Å². The number of carbonyl (C=O) groups excluding carboxylic acids is 2. The van der Waals surface area contributed by atoms with Gasteiger partial charge < -0.3 is 14.6 Å². The topological polar surface area (TPSA) is 143 Å². The number of rotatable bonds is 7. The maximum absolute atomic E-state index is 14.2. The maximum atomic E-state index is 14.2. The molecule has 3 saturated heterocycles. The third kappa shape index (κ3) is 3.92. The molecule has 0 radical (unpaired) electrons. The molecule has 3 aliphatic rings. The third-order valence-electron chi connectivity index (χ3n) is 9.69. The summed E-state index contributed by atoms with van der Waals surface area (Å²) in [6.07, 6.45) is 2.63. The average Bonchev–Trinajstić information content (AvgIpc) is 3.71. The molecule has 2 amide bonds. The minimum atomic E-state index is -1.23. The number of aliphatic hydroxyl groups excluding tert-OH is 1. The zero-order valence-corrected chi connectivity index (χ0v) is 24.3. The Kier molecular flexibility index (Phi) is 6.03. The Morgan fingerprint density at radius 3 is 2.58 bits per heavy atom. The molecule has 2 bridgehead atoms. The van der Waals surface area contributed by atoms with Crippen LogP contribution >= 0.6 is 0 Å². The molecule has 0 saturated carbocycles. The molecule has 8 rings (SSSR count). The van der Waals surface area contributed by atoms with E-state index in [2.05, 4.69) is 21.1 Å². The Morgan fingerprint density at radius 1 is 1.02 bits per heavy atom. The van der Waals surface area contributed by atoms with Crippen LogP contribution in [0.2, 0.25) is 0 Å². The molecule has 5 atom stereocenters. The summed E-state index contributed by atoms with van der Waals surface area (Å²) in [6.45, 7) is 2.34. The molecule has 224 valence electrons. The Balaban J connectivity index is 1.09. The van der Waals surface area contributed by atoms with Gasteiger partial charge in [-0.25, -0.2) is 19.5 Å². The molecular weight excluding hydrogens is 572 g/mol. The van der Waals surface area contributed by atoms with E-state index < -0.39 is 35.0 Å². The number of aliphatic hydroxyl groups is 1. The summed E-state index contributed by atoms with van der Waals surface area (Å²) >= 11 is 0. The van der Waals surface area contributed by atoms with Crippen LogP contribution in [0.5, 0.6) is 5.88 Å². The van der Waals surface area contributed by atoms with Crippen LogP contribution in [0.15, 0.2) is 79.3 Å². The second-order valence-electron chi connectivity index (χ2n) is 12.1. The first-order valence-electron chi connectivity index (χ1n) is 14.9. The van der Waals surface area contributed by atoms with E-state index in [1.807, 2.05) is 42.5 Å². The highest BCUT2D eigenvalue weighted by Gasteiger charge is 2.77. The normalized spacial score (nSPS) is 27.0. The number of fused-ring (bicyclic) bond motifs is 7. The first-order chi connectivity index (χ1) is 21.8. The van der Waals surface area contributed by atoms with Crippen LogP contribution in [0.25, 0.3) is 21.8 Å². The van der Waals surface area contributed by atoms with Gasteiger partial charge in [0.25, 0.3) is 0 Å². The number of ether oxygens (including phenoxy) is 2. The molecule has 1 N–H and O–H groups in total. The van der Waals surface area contributed by atoms with Crippen molar-refractivity contribution >= 4 is 39.3 Å². The molecule has 0 spiro atoms. The number of carbonyl (C=O) groups is 2. The fraction of sp³-hybridized carbons (Fsp3) is 0.294. The molecule has 3 aromatic carbocycles. The van der Waals surface area contributed by atoms with E-state index in [1.165, 1.54) is 11.2 Å². The number of benzene rings is 3. The van der Waals surface area contributed by atoms with Crippen LogP contribution in [-0.2, 0) is 20.9 Å². The van der Waals surface area contributed by atoms with E-state index >= 15 is 0 Å². The van der Waals surface area contributed by atoms with E-state index in [1.54, 1.807) is 42.1 Å². The lowest BCUT2D eigenvalue weighted by atomic mass is 9.66. The standard InChI is InChI=1S/C34H28N6O5/c1-33-26(41)15-34(45-33,13-14-44-30-24-17-36-19-37-29(24)39(38-30)18-20-7-3-2-4-8-20)28-27(33)31(42)40(32(28)43)25-12-11-21(16-35)22-9-5-6-10-23(22)25/h2-12,17,19,26-28,41H,13-15,18H2,1H3/t26-,27-,28+,33-,34+/m0/s1. The van der Waals surface area contributed by atoms with Crippen LogP contribution in [0.1, 0.15) is 30.9 Å². The van der Waals surface area contributed by atoms with Gasteiger partial charge in [-0.05, 0) is 24.6 Å². The Bertz CT molecular complexity index is 2060. The van der Waals surface area contributed by atoms with Crippen LogP contribution in [0.3, 0.4) is 0 Å². The van der Waals surface area contributed by atoms with E-state index in [-0.39, 0.29) is 25.4 Å². The predicted octanol–water partition coefficient (Wildman–Crippen LogP) is 3.77. The summed E-state index contributed by atoms with van der Waals surface area (Å²) in [4.78, 5) is 38.1. The fourth-order valence-electron chi connectivity index (χ4n) is 7.62. The molecule has 45 heavy (non-hydrogen) atoms. The van der Waals surface area contributed by atoms with Crippen LogP contribution in [0.4, 0.5) is 5.69 Å². The van der Waals surface area contributed by atoms with Gasteiger partial charge in [-0.2, -0.15) is 5.26 Å². The van der Waals surface area contributed by atoms with Gasteiger partial charge in [0.1, 0.15) is 17.3 Å². The molecule has 11 nitrogen and oxygen atoms in total. The highest BCUT2D eigenvalue weighted by Crippen LogP contribution is 2.62. The molecule has 0 aliphatic carbocycles. The lowest BCUT2D eigenvalue weighted by Crippen LogP contribution is -2.49. The zero-order chi connectivity index (χ0) is 30.9. The number of aromatic nitrogens is 4. The first kappa shape index (κ1) is 27.4. The minimum absolute atomic E-state index is 0.125. The summed E-state index contributed by atoms with van der Waals surface area (Å²) in [7, 11) is 0. The molecule has 11 heteroatoms. The quantitative estimate of drug-likeness (QED) is 0.276.